The van der Waals surface area contributed by atoms with Gasteiger partial charge < -0.3 is 24.8 Å². The maximum atomic E-state index is 11.9. The van der Waals surface area contributed by atoms with Crippen LogP contribution in [0.2, 0.25) is 0 Å². The monoisotopic (exact) mass is 283 g/mol. The van der Waals surface area contributed by atoms with Crippen LogP contribution < -0.4 is 5.32 Å². The molecule has 1 aliphatic heterocycles. The Morgan fingerprint density at radius 2 is 2.20 bits per heavy atom. The van der Waals surface area contributed by atoms with Gasteiger partial charge in [0, 0.05) is 13.0 Å². The minimum absolute atomic E-state index is 0.00639. The first-order valence-corrected chi connectivity index (χ1v) is 6.26. The molecule has 0 unspecified atom stereocenters. The molecule has 20 heavy (non-hydrogen) atoms. The number of oxazole rings is 1. The van der Waals surface area contributed by atoms with E-state index in [0.717, 1.165) is 10.6 Å². The van der Waals surface area contributed by atoms with Gasteiger partial charge in [0.15, 0.2) is 0 Å². The molecular weight excluding hydrogens is 266 g/mol. The van der Waals surface area contributed by atoms with E-state index in [2.05, 4.69) is 10.3 Å². The molecule has 2 atom stereocenters. The number of carboxylic acids is 1. The Balaban J connectivity index is 1.95. The number of likely N-dealkylation sites (tertiary alicyclic amines) is 1. The second kappa shape index (κ2) is 5.49. The van der Waals surface area contributed by atoms with Crippen molar-refractivity contribution in [2.75, 3.05) is 6.54 Å². The number of nitrogens with one attached hydrogen (secondary N) is 1. The van der Waals surface area contributed by atoms with Crippen LogP contribution in [0.25, 0.3) is 0 Å². The largest absolute Gasteiger partial charge is 0.480 e. The van der Waals surface area contributed by atoms with Gasteiger partial charge in [0.2, 0.25) is 5.89 Å². The summed E-state index contributed by atoms with van der Waals surface area (Å²) in [6, 6.07) is -1.56. The Morgan fingerprint density at radius 1 is 1.50 bits per heavy atom. The first-order chi connectivity index (χ1) is 9.38. The molecule has 1 aromatic rings. The van der Waals surface area contributed by atoms with Crippen molar-refractivity contribution < 1.29 is 24.2 Å². The van der Waals surface area contributed by atoms with Crippen molar-refractivity contribution in [2.45, 2.75) is 39.0 Å². The van der Waals surface area contributed by atoms with Gasteiger partial charge in [-0.2, -0.15) is 0 Å². The summed E-state index contributed by atoms with van der Waals surface area (Å²) in [6.07, 6.45) is -0.770. The van der Waals surface area contributed by atoms with Gasteiger partial charge in [-0.1, -0.05) is 0 Å². The third-order valence-electron chi connectivity index (χ3n) is 3.29. The average molecular weight is 283 g/mol. The highest BCUT2D eigenvalue weighted by molar-refractivity contribution is 5.83. The zero-order valence-electron chi connectivity index (χ0n) is 11.3. The van der Waals surface area contributed by atoms with Crippen LogP contribution in [0.3, 0.4) is 0 Å². The highest BCUT2D eigenvalue weighted by atomic mass is 16.4. The number of carbonyl (C=O) groups is 2. The van der Waals surface area contributed by atoms with Crippen molar-refractivity contribution in [3.05, 3.63) is 17.3 Å². The molecule has 110 valence electrons. The van der Waals surface area contributed by atoms with Crippen molar-refractivity contribution >= 4 is 12.0 Å². The van der Waals surface area contributed by atoms with Gasteiger partial charge in [0.05, 0.1) is 18.3 Å². The van der Waals surface area contributed by atoms with E-state index in [1.165, 1.54) is 0 Å². The summed E-state index contributed by atoms with van der Waals surface area (Å²) < 4.78 is 5.31. The number of carbonyl (C=O) groups excluding carboxylic acids is 1. The fraction of sp³-hybridized carbons (Fsp3) is 0.583. The number of urea groups is 1. The first-order valence-electron chi connectivity index (χ1n) is 6.26. The van der Waals surface area contributed by atoms with Gasteiger partial charge in [0.1, 0.15) is 11.8 Å². The van der Waals surface area contributed by atoms with Crippen LogP contribution in [0.1, 0.15) is 23.8 Å². The highest BCUT2D eigenvalue weighted by Crippen LogP contribution is 2.18. The number of nitrogens with zero attached hydrogens (tertiary/aromatic N) is 2. The van der Waals surface area contributed by atoms with Gasteiger partial charge >= 0.3 is 12.0 Å². The quantitative estimate of drug-likeness (QED) is 0.720. The number of aliphatic hydroxyl groups is 1. The van der Waals surface area contributed by atoms with Crippen LogP contribution in [0.5, 0.6) is 0 Å². The number of amides is 2. The van der Waals surface area contributed by atoms with E-state index in [9.17, 15) is 14.7 Å². The SMILES string of the molecule is Cc1nc(CNC(=O)N2C[C@H](O)C[C@@H]2C(=O)O)oc1C. The van der Waals surface area contributed by atoms with Crippen LogP contribution in [-0.2, 0) is 11.3 Å². The van der Waals surface area contributed by atoms with Crippen LogP contribution in [0, 0.1) is 13.8 Å². The van der Waals surface area contributed by atoms with Crippen molar-refractivity contribution in [1.29, 1.82) is 0 Å². The van der Waals surface area contributed by atoms with Crippen molar-refractivity contribution in [2.24, 2.45) is 0 Å². The van der Waals surface area contributed by atoms with Crippen molar-refractivity contribution in [3.63, 3.8) is 0 Å². The predicted octanol–water partition coefficient (Wildman–Crippen LogP) is 0.0208. The second-order valence-electron chi connectivity index (χ2n) is 4.80. The van der Waals surface area contributed by atoms with E-state index in [0.29, 0.717) is 11.7 Å². The van der Waals surface area contributed by atoms with E-state index >= 15 is 0 Å². The number of hydrogen-bond acceptors (Lipinski definition) is 5. The molecule has 0 saturated carbocycles. The number of hydrogen-bond donors (Lipinski definition) is 3. The lowest BCUT2D eigenvalue weighted by Crippen LogP contribution is -2.46. The van der Waals surface area contributed by atoms with Gasteiger partial charge in [-0.3, -0.25) is 0 Å². The Labute approximate surface area is 115 Å². The lowest BCUT2D eigenvalue weighted by molar-refractivity contribution is -0.141. The average Bonchev–Trinajstić information content (AvgIpc) is 2.91. The molecule has 1 aliphatic rings. The molecule has 0 aliphatic carbocycles. The van der Waals surface area contributed by atoms with Crippen LogP contribution >= 0.6 is 0 Å². The standard InChI is InChI=1S/C12H17N3O5/c1-6-7(2)20-10(14-6)4-13-12(19)15-5-8(16)3-9(15)11(17)18/h8-9,16H,3-5H2,1-2H3,(H,13,19)(H,17,18)/t8-,9-/m1/s1. The minimum Gasteiger partial charge on any atom is -0.480 e. The topological polar surface area (TPSA) is 116 Å². The Kier molecular flexibility index (Phi) is 3.93. The van der Waals surface area contributed by atoms with Crippen LogP contribution in [-0.4, -0.2) is 50.8 Å². The maximum absolute atomic E-state index is 11.9. The Bertz CT molecular complexity index is 508. The maximum Gasteiger partial charge on any atom is 0.326 e. The molecule has 0 bridgehead atoms. The summed E-state index contributed by atoms with van der Waals surface area (Å²) in [6.45, 7) is 3.64. The van der Waals surface area contributed by atoms with Gasteiger partial charge in [-0.05, 0) is 13.8 Å². The number of β-amino-alcohol motifs (C(OH)–C–C–N with tert-alkyl or cyclic N) is 1. The minimum atomic E-state index is -1.13. The lowest BCUT2D eigenvalue weighted by Gasteiger charge is -2.21. The van der Waals surface area contributed by atoms with Crippen LogP contribution in [0.4, 0.5) is 4.79 Å². The highest BCUT2D eigenvalue weighted by Gasteiger charge is 2.38. The molecule has 8 heteroatoms. The lowest BCUT2D eigenvalue weighted by atomic mass is 10.2. The zero-order valence-corrected chi connectivity index (χ0v) is 11.3. The molecule has 3 N–H and O–H groups in total. The molecule has 8 nitrogen and oxygen atoms in total. The van der Waals surface area contributed by atoms with Crippen LogP contribution in [0.15, 0.2) is 4.42 Å². The summed E-state index contributed by atoms with van der Waals surface area (Å²) in [4.78, 5) is 28.2. The van der Waals surface area contributed by atoms with E-state index in [1.54, 1.807) is 13.8 Å². The van der Waals surface area contributed by atoms with Gasteiger partial charge in [0.25, 0.3) is 0 Å². The number of aliphatic hydroxyl groups excluding tert-OH is 1. The van der Waals surface area contributed by atoms with E-state index in [-0.39, 0.29) is 19.5 Å². The third kappa shape index (κ3) is 2.90. The Hall–Kier alpha value is -2.09. The summed E-state index contributed by atoms with van der Waals surface area (Å²) in [5, 5.41) is 21.0. The number of aromatic nitrogens is 1. The third-order valence-corrected chi connectivity index (χ3v) is 3.29. The number of aliphatic carboxylic acids is 1. The summed E-state index contributed by atoms with van der Waals surface area (Å²) in [5.41, 5.74) is 0.745. The molecule has 0 radical (unpaired) electrons. The second-order valence-corrected chi connectivity index (χ2v) is 4.80. The molecule has 1 fully saturated rings. The molecule has 0 aromatic carbocycles. The van der Waals surface area contributed by atoms with E-state index in [4.69, 9.17) is 9.52 Å². The molecule has 2 amide bonds. The van der Waals surface area contributed by atoms with E-state index in [1.807, 2.05) is 0 Å². The smallest absolute Gasteiger partial charge is 0.326 e. The Morgan fingerprint density at radius 3 is 2.75 bits per heavy atom. The fourth-order valence-electron chi connectivity index (χ4n) is 2.14. The normalized spacial score (nSPS) is 22.1. The molecular formula is C12H17N3O5. The molecule has 1 saturated heterocycles. The van der Waals surface area contributed by atoms with Gasteiger partial charge in [-0.25, -0.2) is 14.6 Å². The number of rotatable bonds is 3. The molecule has 2 rings (SSSR count). The van der Waals surface area contributed by atoms with Crippen molar-refractivity contribution in [3.8, 4) is 0 Å². The molecule has 0 spiro atoms. The zero-order chi connectivity index (χ0) is 14.9. The van der Waals surface area contributed by atoms with Gasteiger partial charge in [-0.15, -0.1) is 0 Å². The number of aryl methyl sites for hydroxylation is 2. The number of carboxylic acid groups (broad SMARTS) is 1. The summed E-state index contributed by atoms with van der Waals surface area (Å²) in [7, 11) is 0. The summed E-state index contributed by atoms with van der Waals surface area (Å²) in [5.74, 6) is -0.0891. The first kappa shape index (κ1) is 14.3. The predicted molar refractivity (Wildman–Crippen MR) is 67.0 cm³/mol. The van der Waals surface area contributed by atoms with Crippen molar-refractivity contribution in [1.82, 2.24) is 15.2 Å². The van der Waals surface area contributed by atoms with E-state index < -0.39 is 24.1 Å². The summed E-state index contributed by atoms with van der Waals surface area (Å²) >= 11 is 0. The molecule has 2 heterocycles. The fourth-order valence-corrected chi connectivity index (χ4v) is 2.14. The molecule has 1 aromatic heterocycles.